The monoisotopic (exact) mass is 300 g/mol. The molecule has 0 bridgehead atoms. The highest BCUT2D eigenvalue weighted by Crippen LogP contribution is 2.16. The van der Waals surface area contributed by atoms with E-state index in [1.165, 1.54) is 0 Å². The van der Waals surface area contributed by atoms with Crippen LogP contribution in [-0.2, 0) is 21.2 Å². The van der Waals surface area contributed by atoms with Crippen LogP contribution in [0, 0.1) is 0 Å². The second-order valence-electron chi connectivity index (χ2n) is 5.35. The Bertz CT molecular complexity index is 553. The van der Waals surface area contributed by atoms with Gasteiger partial charge in [-0.25, -0.2) is 8.42 Å². The van der Waals surface area contributed by atoms with E-state index in [2.05, 4.69) is 0 Å². The number of hydrogen-bond acceptors (Lipinski definition) is 5. The molecule has 1 amide bonds. The molecule has 112 valence electrons. The Morgan fingerprint density at radius 3 is 2.75 bits per heavy atom. The van der Waals surface area contributed by atoms with Crippen molar-refractivity contribution in [3.05, 3.63) is 24.2 Å². The zero-order chi connectivity index (χ0) is 14.8. The van der Waals surface area contributed by atoms with Crippen LogP contribution < -0.4 is 0 Å². The van der Waals surface area contributed by atoms with Crippen molar-refractivity contribution in [2.75, 3.05) is 32.1 Å². The lowest BCUT2D eigenvalue weighted by molar-refractivity contribution is -0.131. The fourth-order valence-corrected chi connectivity index (χ4v) is 4.14. The van der Waals surface area contributed by atoms with E-state index in [0.717, 1.165) is 5.56 Å². The lowest BCUT2D eigenvalue weighted by Gasteiger charge is -2.25. The number of furan rings is 1. The summed E-state index contributed by atoms with van der Waals surface area (Å²) in [5.41, 5.74) is 0.937. The van der Waals surface area contributed by atoms with Gasteiger partial charge in [0.25, 0.3) is 0 Å². The number of rotatable bonds is 5. The van der Waals surface area contributed by atoms with E-state index in [1.54, 1.807) is 31.5 Å². The van der Waals surface area contributed by atoms with Gasteiger partial charge in [0.1, 0.15) is 0 Å². The largest absolute Gasteiger partial charge is 0.472 e. The molecule has 20 heavy (non-hydrogen) atoms. The minimum Gasteiger partial charge on any atom is -0.472 e. The summed E-state index contributed by atoms with van der Waals surface area (Å²) in [5.74, 6) is 0.349. The molecule has 0 saturated carbocycles. The molecule has 1 atom stereocenters. The average Bonchev–Trinajstić information content (AvgIpc) is 2.98. The maximum atomic E-state index is 12.1. The van der Waals surface area contributed by atoms with E-state index < -0.39 is 9.84 Å². The molecule has 0 spiro atoms. The van der Waals surface area contributed by atoms with Crippen molar-refractivity contribution in [2.24, 2.45) is 0 Å². The molecule has 6 nitrogen and oxygen atoms in total. The van der Waals surface area contributed by atoms with E-state index in [0.29, 0.717) is 13.0 Å². The Balaban J connectivity index is 1.84. The van der Waals surface area contributed by atoms with E-state index in [4.69, 9.17) is 4.42 Å². The summed E-state index contributed by atoms with van der Waals surface area (Å²) in [6.07, 6.45) is 3.79. The standard InChI is InChI=1S/C13H20N2O4S/c1-14(12-4-6-20(17,18)10-12)8-13(16)15(2)7-11-3-5-19-9-11/h3,5,9,12H,4,6-8,10H2,1-2H3/t12-/m0/s1. The number of carbonyl (C=O) groups is 1. The predicted octanol–water partition coefficient (Wildman–Crippen LogP) is 0.357. The molecule has 1 aliphatic rings. The Hall–Kier alpha value is -1.34. The van der Waals surface area contributed by atoms with Crippen LogP contribution in [0.3, 0.4) is 0 Å². The van der Waals surface area contributed by atoms with Crippen LogP contribution in [0.5, 0.6) is 0 Å². The Morgan fingerprint density at radius 1 is 1.45 bits per heavy atom. The fourth-order valence-electron chi connectivity index (χ4n) is 2.33. The van der Waals surface area contributed by atoms with Crippen LogP contribution in [0.2, 0.25) is 0 Å². The summed E-state index contributed by atoms with van der Waals surface area (Å²) in [5, 5.41) is 0. The predicted molar refractivity (Wildman–Crippen MR) is 74.9 cm³/mol. The zero-order valence-electron chi connectivity index (χ0n) is 11.8. The molecule has 2 rings (SSSR count). The zero-order valence-corrected chi connectivity index (χ0v) is 12.6. The first-order chi connectivity index (χ1) is 9.37. The number of carbonyl (C=O) groups excluding carboxylic acids is 1. The number of nitrogens with zero attached hydrogens (tertiary/aromatic N) is 2. The lowest BCUT2D eigenvalue weighted by atomic mass is 10.2. The molecule has 1 saturated heterocycles. The van der Waals surface area contributed by atoms with Crippen molar-refractivity contribution in [1.82, 2.24) is 9.80 Å². The lowest BCUT2D eigenvalue weighted by Crippen LogP contribution is -2.41. The maximum Gasteiger partial charge on any atom is 0.236 e. The van der Waals surface area contributed by atoms with Crippen molar-refractivity contribution in [3.8, 4) is 0 Å². The quantitative estimate of drug-likeness (QED) is 0.785. The molecule has 0 aromatic carbocycles. The second-order valence-corrected chi connectivity index (χ2v) is 7.58. The summed E-state index contributed by atoms with van der Waals surface area (Å²) < 4.78 is 27.9. The third kappa shape index (κ3) is 3.83. The molecular weight excluding hydrogens is 280 g/mol. The van der Waals surface area contributed by atoms with Crippen molar-refractivity contribution >= 4 is 15.7 Å². The second kappa shape index (κ2) is 5.97. The van der Waals surface area contributed by atoms with E-state index in [-0.39, 0.29) is 30.0 Å². The van der Waals surface area contributed by atoms with Gasteiger partial charge in [0.15, 0.2) is 9.84 Å². The number of amides is 1. The number of likely N-dealkylation sites (N-methyl/N-ethyl adjacent to an activating group) is 2. The molecule has 0 N–H and O–H groups in total. The van der Waals surface area contributed by atoms with Gasteiger partial charge in [-0.2, -0.15) is 0 Å². The molecule has 0 unspecified atom stereocenters. The van der Waals surface area contributed by atoms with Crippen LogP contribution in [0.4, 0.5) is 0 Å². The van der Waals surface area contributed by atoms with E-state index in [1.807, 2.05) is 11.0 Å². The molecule has 0 radical (unpaired) electrons. The summed E-state index contributed by atoms with van der Waals surface area (Å²) >= 11 is 0. The minimum absolute atomic E-state index is 0.0296. The summed E-state index contributed by atoms with van der Waals surface area (Å²) in [4.78, 5) is 15.5. The smallest absolute Gasteiger partial charge is 0.236 e. The Kier molecular flexibility index (Phi) is 4.49. The summed E-state index contributed by atoms with van der Waals surface area (Å²) in [6, 6.07) is 1.77. The van der Waals surface area contributed by atoms with Crippen LogP contribution in [0.1, 0.15) is 12.0 Å². The van der Waals surface area contributed by atoms with Crippen molar-refractivity contribution < 1.29 is 17.6 Å². The van der Waals surface area contributed by atoms with Crippen LogP contribution in [-0.4, -0.2) is 62.3 Å². The molecular formula is C13H20N2O4S. The highest BCUT2D eigenvalue weighted by molar-refractivity contribution is 7.91. The van der Waals surface area contributed by atoms with Gasteiger partial charge in [-0.05, 0) is 19.5 Å². The van der Waals surface area contributed by atoms with Crippen LogP contribution in [0.15, 0.2) is 23.0 Å². The van der Waals surface area contributed by atoms with Gasteiger partial charge in [0.05, 0.1) is 30.6 Å². The van der Waals surface area contributed by atoms with E-state index >= 15 is 0 Å². The van der Waals surface area contributed by atoms with Crippen molar-refractivity contribution in [1.29, 1.82) is 0 Å². The van der Waals surface area contributed by atoms with Gasteiger partial charge in [-0.15, -0.1) is 0 Å². The highest BCUT2D eigenvalue weighted by Gasteiger charge is 2.31. The molecule has 1 fully saturated rings. The Morgan fingerprint density at radius 2 is 2.20 bits per heavy atom. The van der Waals surface area contributed by atoms with Gasteiger partial charge >= 0.3 is 0 Å². The molecule has 1 aromatic heterocycles. The molecule has 7 heteroatoms. The normalized spacial score (nSPS) is 21.2. The Labute approximate surface area is 119 Å². The molecule has 1 aliphatic heterocycles. The fraction of sp³-hybridized carbons (Fsp3) is 0.615. The maximum absolute atomic E-state index is 12.1. The highest BCUT2D eigenvalue weighted by atomic mass is 32.2. The first-order valence-electron chi connectivity index (χ1n) is 6.53. The summed E-state index contributed by atoms with van der Waals surface area (Å²) in [6.45, 7) is 0.723. The van der Waals surface area contributed by atoms with Crippen molar-refractivity contribution in [3.63, 3.8) is 0 Å². The molecule has 2 heterocycles. The first-order valence-corrected chi connectivity index (χ1v) is 8.35. The van der Waals surface area contributed by atoms with Crippen LogP contribution in [0.25, 0.3) is 0 Å². The topological polar surface area (TPSA) is 70.8 Å². The van der Waals surface area contributed by atoms with Gasteiger partial charge in [0.2, 0.25) is 5.91 Å². The van der Waals surface area contributed by atoms with Gasteiger partial charge in [-0.3, -0.25) is 9.69 Å². The third-order valence-electron chi connectivity index (χ3n) is 3.64. The van der Waals surface area contributed by atoms with E-state index in [9.17, 15) is 13.2 Å². The van der Waals surface area contributed by atoms with Crippen LogP contribution >= 0.6 is 0 Å². The first kappa shape index (κ1) is 15.1. The summed E-state index contributed by atoms with van der Waals surface area (Å²) in [7, 11) is 0.615. The number of sulfone groups is 1. The van der Waals surface area contributed by atoms with Gasteiger partial charge in [0, 0.05) is 25.2 Å². The van der Waals surface area contributed by atoms with Gasteiger partial charge < -0.3 is 9.32 Å². The SMILES string of the molecule is CN(Cc1ccoc1)C(=O)CN(C)[C@H]1CCS(=O)(=O)C1. The third-order valence-corrected chi connectivity index (χ3v) is 5.39. The minimum atomic E-state index is -2.92. The molecule has 1 aromatic rings. The number of hydrogen-bond donors (Lipinski definition) is 0. The van der Waals surface area contributed by atoms with Gasteiger partial charge in [-0.1, -0.05) is 0 Å². The van der Waals surface area contributed by atoms with Crippen molar-refractivity contribution in [2.45, 2.75) is 19.0 Å². The molecule has 0 aliphatic carbocycles. The average molecular weight is 300 g/mol.